The quantitative estimate of drug-likeness (QED) is 0.796. The minimum Gasteiger partial charge on any atom is -0.345 e. The van der Waals surface area contributed by atoms with Crippen molar-refractivity contribution < 1.29 is 9.59 Å². The van der Waals surface area contributed by atoms with Crippen LogP contribution in [0.4, 0.5) is 0 Å². The van der Waals surface area contributed by atoms with Crippen LogP contribution < -0.4 is 5.32 Å². The summed E-state index contributed by atoms with van der Waals surface area (Å²) in [6.07, 6.45) is 0.377. The molecule has 0 aromatic heterocycles. The molecule has 1 aliphatic rings. The van der Waals surface area contributed by atoms with E-state index in [-0.39, 0.29) is 17.7 Å². The molecule has 1 aliphatic heterocycles. The van der Waals surface area contributed by atoms with Crippen molar-refractivity contribution in [3.05, 3.63) is 34.9 Å². The first kappa shape index (κ1) is 9.90. The van der Waals surface area contributed by atoms with Gasteiger partial charge in [0, 0.05) is 12.0 Å². The lowest BCUT2D eigenvalue weighted by molar-refractivity contribution is -0.117. The van der Waals surface area contributed by atoms with Crippen LogP contribution in [0, 0.1) is 6.92 Å². The first-order valence-corrected chi connectivity index (χ1v) is 4.99. The maximum atomic E-state index is 11.7. The van der Waals surface area contributed by atoms with Crippen molar-refractivity contribution in [1.29, 1.82) is 0 Å². The molecule has 3 heteroatoms. The second-order valence-electron chi connectivity index (χ2n) is 3.97. The summed E-state index contributed by atoms with van der Waals surface area (Å²) < 4.78 is 0. The monoisotopic (exact) mass is 203 g/mol. The van der Waals surface area contributed by atoms with Crippen molar-refractivity contribution in [2.45, 2.75) is 26.3 Å². The highest BCUT2D eigenvalue weighted by Gasteiger charge is 2.29. The van der Waals surface area contributed by atoms with Gasteiger partial charge >= 0.3 is 0 Å². The van der Waals surface area contributed by atoms with Gasteiger partial charge in [0.1, 0.15) is 5.78 Å². The van der Waals surface area contributed by atoms with Gasteiger partial charge in [-0.05, 0) is 25.0 Å². The molecule has 78 valence electrons. The van der Waals surface area contributed by atoms with Gasteiger partial charge in [0.2, 0.25) is 0 Å². The molecule has 0 saturated carbocycles. The molecule has 0 aliphatic carbocycles. The summed E-state index contributed by atoms with van der Waals surface area (Å²) in [5.41, 5.74) is 2.66. The number of nitrogens with one attached hydrogen (secondary N) is 1. The van der Waals surface area contributed by atoms with Crippen molar-refractivity contribution in [1.82, 2.24) is 5.32 Å². The van der Waals surface area contributed by atoms with E-state index in [1.165, 1.54) is 0 Å². The zero-order valence-electron chi connectivity index (χ0n) is 8.83. The summed E-state index contributed by atoms with van der Waals surface area (Å²) in [4.78, 5) is 22.7. The molecule has 1 amide bonds. The van der Waals surface area contributed by atoms with Gasteiger partial charge in [-0.3, -0.25) is 9.59 Å². The number of hydrogen-bond acceptors (Lipinski definition) is 2. The molecule has 1 unspecified atom stereocenters. The summed E-state index contributed by atoms with van der Waals surface area (Å²) in [6.45, 7) is 3.45. The Morgan fingerprint density at radius 2 is 2.20 bits per heavy atom. The van der Waals surface area contributed by atoms with Crippen molar-refractivity contribution in [3.8, 4) is 0 Å². The summed E-state index contributed by atoms with van der Waals surface area (Å²) >= 11 is 0. The third kappa shape index (κ3) is 1.65. The Morgan fingerprint density at radius 3 is 2.87 bits per heavy atom. The van der Waals surface area contributed by atoms with Gasteiger partial charge in [-0.25, -0.2) is 0 Å². The summed E-state index contributed by atoms with van der Waals surface area (Å²) in [5.74, 6) is 0.0315. The minimum atomic E-state index is -0.134. The van der Waals surface area contributed by atoms with Crippen molar-refractivity contribution in [2.24, 2.45) is 0 Å². The fourth-order valence-electron chi connectivity index (χ4n) is 2.05. The lowest BCUT2D eigenvalue weighted by atomic mass is 9.98. The predicted octanol–water partition coefficient (Wildman–Crippen LogP) is 1.76. The van der Waals surface area contributed by atoms with E-state index in [2.05, 4.69) is 5.32 Å². The molecule has 1 atom stereocenters. The van der Waals surface area contributed by atoms with Gasteiger partial charge in [-0.2, -0.15) is 0 Å². The van der Waals surface area contributed by atoms with Crippen LogP contribution in [-0.4, -0.2) is 11.7 Å². The van der Waals surface area contributed by atoms with Gasteiger partial charge < -0.3 is 5.32 Å². The second-order valence-corrected chi connectivity index (χ2v) is 3.97. The molecular formula is C12H13NO2. The normalized spacial score (nSPS) is 18.5. The lowest BCUT2D eigenvalue weighted by Gasteiger charge is -2.08. The van der Waals surface area contributed by atoms with E-state index in [4.69, 9.17) is 0 Å². The van der Waals surface area contributed by atoms with Crippen LogP contribution in [0.5, 0.6) is 0 Å². The van der Waals surface area contributed by atoms with Gasteiger partial charge in [0.05, 0.1) is 6.04 Å². The number of hydrogen-bond donors (Lipinski definition) is 1. The lowest BCUT2D eigenvalue weighted by Crippen LogP contribution is -2.20. The fourth-order valence-corrected chi connectivity index (χ4v) is 2.05. The number of carbonyl (C=O) groups excluding carboxylic acids is 2. The standard InChI is InChI=1S/C12H13NO2/c1-7-4-3-5-9-10(6-8(2)14)13-12(15)11(7)9/h3-5,10H,6H2,1-2H3,(H,13,15). The van der Waals surface area contributed by atoms with Crippen LogP contribution in [0.1, 0.15) is 40.9 Å². The molecule has 15 heavy (non-hydrogen) atoms. The number of benzene rings is 1. The molecule has 0 fully saturated rings. The van der Waals surface area contributed by atoms with Gasteiger partial charge in [-0.15, -0.1) is 0 Å². The molecule has 1 N–H and O–H groups in total. The van der Waals surface area contributed by atoms with E-state index in [0.717, 1.165) is 16.7 Å². The molecule has 2 rings (SSSR count). The van der Waals surface area contributed by atoms with Crippen LogP contribution in [0.25, 0.3) is 0 Å². The number of ketones is 1. The third-order valence-electron chi connectivity index (χ3n) is 2.70. The van der Waals surface area contributed by atoms with Gasteiger partial charge in [0.25, 0.3) is 5.91 Å². The molecule has 0 saturated heterocycles. The maximum absolute atomic E-state index is 11.7. The molecule has 1 heterocycles. The average Bonchev–Trinajstić information content (AvgIpc) is 2.44. The zero-order chi connectivity index (χ0) is 11.0. The van der Waals surface area contributed by atoms with E-state index < -0.39 is 0 Å². The highest BCUT2D eigenvalue weighted by Crippen LogP contribution is 2.29. The Bertz CT molecular complexity index is 437. The van der Waals surface area contributed by atoms with E-state index in [1.54, 1.807) is 6.92 Å². The second kappa shape index (κ2) is 3.50. The molecule has 0 bridgehead atoms. The maximum Gasteiger partial charge on any atom is 0.252 e. The third-order valence-corrected chi connectivity index (χ3v) is 2.70. The largest absolute Gasteiger partial charge is 0.345 e. The van der Waals surface area contributed by atoms with E-state index >= 15 is 0 Å². The van der Waals surface area contributed by atoms with E-state index in [9.17, 15) is 9.59 Å². The number of Topliss-reactive ketones (excluding diaryl/α,β-unsaturated/α-hetero) is 1. The Kier molecular flexibility index (Phi) is 2.31. The average molecular weight is 203 g/mol. The van der Waals surface area contributed by atoms with E-state index in [0.29, 0.717) is 6.42 Å². The van der Waals surface area contributed by atoms with Crippen LogP contribution in [0.3, 0.4) is 0 Å². The summed E-state index contributed by atoms with van der Waals surface area (Å²) in [5, 5.41) is 2.83. The predicted molar refractivity (Wildman–Crippen MR) is 56.7 cm³/mol. The first-order chi connectivity index (χ1) is 7.09. The number of fused-ring (bicyclic) bond motifs is 1. The van der Waals surface area contributed by atoms with Gasteiger partial charge in [-0.1, -0.05) is 18.2 Å². The fraction of sp³-hybridized carbons (Fsp3) is 0.333. The van der Waals surface area contributed by atoms with Crippen LogP contribution in [-0.2, 0) is 4.79 Å². The van der Waals surface area contributed by atoms with Crippen LogP contribution >= 0.6 is 0 Å². The molecule has 0 spiro atoms. The Hall–Kier alpha value is -1.64. The van der Waals surface area contributed by atoms with Gasteiger partial charge in [0.15, 0.2) is 0 Å². The zero-order valence-corrected chi connectivity index (χ0v) is 8.83. The number of aryl methyl sites for hydroxylation is 1. The van der Waals surface area contributed by atoms with Crippen LogP contribution in [0.15, 0.2) is 18.2 Å². The number of rotatable bonds is 2. The molecule has 1 aromatic rings. The van der Waals surface area contributed by atoms with Crippen molar-refractivity contribution >= 4 is 11.7 Å². The minimum absolute atomic E-state index is 0.0608. The first-order valence-electron chi connectivity index (χ1n) is 4.99. The van der Waals surface area contributed by atoms with E-state index in [1.807, 2.05) is 25.1 Å². The summed E-state index contributed by atoms with van der Waals surface area (Å²) in [6, 6.07) is 5.61. The smallest absolute Gasteiger partial charge is 0.252 e. The molecular weight excluding hydrogens is 190 g/mol. The topological polar surface area (TPSA) is 46.2 Å². The highest BCUT2D eigenvalue weighted by molar-refractivity contribution is 6.01. The number of amides is 1. The summed E-state index contributed by atoms with van der Waals surface area (Å²) in [7, 11) is 0. The Morgan fingerprint density at radius 1 is 1.47 bits per heavy atom. The Balaban J connectivity index is 2.42. The molecule has 1 aromatic carbocycles. The van der Waals surface area contributed by atoms with Crippen molar-refractivity contribution in [2.75, 3.05) is 0 Å². The highest BCUT2D eigenvalue weighted by atomic mass is 16.2. The number of carbonyl (C=O) groups is 2. The molecule has 0 radical (unpaired) electrons. The molecule has 3 nitrogen and oxygen atoms in total. The van der Waals surface area contributed by atoms with Crippen molar-refractivity contribution in [3.63, 3.8) is 0 Å². The SMILES string of the molecule is CC(=O)CC1NC(=O)c2c(C)cccc21. The Labute approximate surface area is 88.5 Å². The van der Waals surface area contributed by atoms with Crippen LogP contribution in [0.2, 0.25) is 0 Å².